The molecule has 0 bridgehead atoms. The molecule has 0 unspecified atom stereocenters. The zero-order valence-electron chi connectivity index (χ0n) is 19.9. The summed E-state index contributed by atoms with van der Waals surface area (Å²) >= 11 is 6.32. The first-order valence-corrected chi connectivity index (χ1v) is 13.5. The highest BCUT2D eigenvalue weighted by Gasteiger charge is 2.40. The molecule has 2 aromatic rings. The lowest BCUT2D eigenvalue weighted by atomic mass is 10.1. The van der Waals surface area contributed by atoms with Gasteiger partial charge in [-0.2, -0.15) is 0 Å². The molecule has 1 heterocycles. The molecule has 2 aromatic carbocycles. The van der Waals surface area contributed by atoms with E-state index in [0.717, 1.165) is 10.7 Å². The average molecular weight is 520 g/mol. The molecule has 0 saturated heterocycles. The summed E-state index contributed by atoms with van der Waals surface area (Å²) in [5.74, 6) is -1.15. The van der Waals surface area contributed by atoms with Crippen molar-refractivity contribution in [2.45, 2.75) is 57.0 Å². The van der Waals surface area contributed by atoms with Crippen molar-refractivity contribution in [1.82, 2.24) is 14.5 Å². The van der Waals surface area contributed by atoms with Crippen LogP contribution in [0.3, 0.4) is 0 Å². The number of halogens is 1. The third-order valence-electron chi connectivity index (χ3n) is 5.90. The summed E-state index contributed by atoms with van der Waals surface area (Å²) in [6.07, 6.45) is 1.27. The summed E-state index contributed by atoms with van der Waals surface area (Å²) < 4.78 is 26.4. The van der Waals surface area contributed by atoms with E-state index in [2.05, 4.69) is 5.32 Å². The number of carbonyl (C=O) groups excluding carboxylic acids is 3. The molecule has 0 radical (unpaired) electrons. The van der Waals surface area contributed by atoms with Crippen molar-refractivity contribution in [2.24, 2.45) is 0 Å². The molecular weight excluding hydrogens is 490 g/mol. The second-order valence-corrected chi connectivity index (χ2v) is 10.5. The molecule has 1 aliphatic heterocycles. The number of nitrogens with one attached hydrogen (secondary N) is 1. The van der Waals surface area contributed by atoms with Gasteiger partial charge in [0.25, 0.3) is 15.9 Å². The molecule has 3 amide bonds. The van der Waals surface area contributed by atoms with Crippen LogP contribution in [0.1, 0.15) is 55.5 Å². The van der Waals surface area contributed by atoms with Gasteiger partial charge < -0.3 is 10.2 Å². The fraction of sp³-hybridized carbons (Fsp3) is 0.400. The van der Waals surface area contributed by atoms with E-state index >= 15 is 0 Å². The Kier molecular flexibility index (Phi) is 8.91. The minimum atomic E-state index is -3.94. The van der Waals surface area contributed by atoms with Gasteiger partial charge >= 0.3 is 0 Å². The van der Waals surface area contributed by atoms with Crippen molar-refractivity contribution in [3.63, 3.8) is 0 Å². The Labute approximate surface area is 211 Å². The first-order chi connectivity index (χ1) is 16.7. The Hall–Kier alpha value is -2.91. The summed E-state index contributed by atoms with van der Waals surface area (Å²) in [4.78, 5) is 40.2. The van der Waals surface area contributed by atoms with Crippen LogP contribution in [0.2, 0.25) is 5.02 Å². The summed E-state index contributed by atoms with van der Waals surface area (Å²) in [7, 11) is -3.94. The Morgan fingerprint density at radius 3 is 2.43 bits per heavy atom. The van der Waals surface area contributed by atoms with Crippen LogP contribution in [0, 0.1) is 0 Å². The van der Waals surface area contributed by atoms with Crippen LogP contribution in [0.5, 0.6) is 0 Å². The van der Waals surface area contributed by atoms with Gasteiger partial charge in [0, 0.05) is 31.1 Å². The summed E-state index contributed by atoms with van der Waals surface area (Å²) in [5.41, 5.74) is 0.842. The Morgan fingerprint density at radius 2 is 1.77 bits per heavy atom. The number of rotatable bonds is 11. The van der Waals surface area contributed by atoms with Gasteiger partial charge in [-0.15, -0.1) is 0 Å². The van der Waals surface area contributed by atoms with E-state index in [1.54, 1.807) is 30.3 Å². The Morgan fingerprint density at radius 1 is 1.09 bits per heavy atom. The number of carbonyl (C=O) groups is 3. The highest BCUT2D eigenvalue weighted by Crippen LogP contribution is 2.30. The maximum absolute atomic E-state index is 13.3. The monoisotopic (exact) mass is 519 g/mol. The number of nitrogens with zero attached hydrogens (tertiary/aromatic N) is 2. The van der Waals surface area contributed by atoms with Crippen molar-refractivity contribution in [3.8, 4) is 0 Å². The zero-order valence-corrected chi connectivity index (χ0v) is 21.4. The number of sulfonamides is 1. The number of fused-ring (bicyclic) bond motifs is 1. The van der Waals surface area contributed by atoms with Crippen LogP contribution in [-0.4, -0.2) is 54.5 Å². The minimum absolute atomic E-state index is 0.0182. The lowest BCUT2D eigenvalue weighted by Gasteiger charge is -2.31. The molecule has 188 valence electrons. The van der Waals surface area contributed by atoms with Gasteiger partial charge in [0.2, 0.25) is 11.8 Å². The second kappa shape index (κ2) is 11.7. The van der Waals surface area contributed by atoms with Gasteiger partial charge in [0.15, 0.2) is 0 Å². The smallest absolute Gasteiger partial charge is 0.269 e. The van der Waals surface area contributed by atoms with Gasteiger partial charge in [0.1, 0.15) is 10.9 Å². The minimum Gasteiger partial charge on any atom is -0.354 e. The van der Waals surface area contributed by atoms with E-state index in [-0.39, 0.29) is 48.2 Å². The van der Waals surface area contributed by atoms with Crippen molar-refractivity contribution in [3.05, 3.63) is 64.7 Å². The molecule has 35 heavy (non-hydrogen) atoms. The van der Waals surface area contributed by atoms with Gasteiger partial charge in [-0.05, 0) is 43.0 Å². The van der Waals surface area contributed by atoms with Crippen LogP contribution >= 0.6 is 11.6 Å². The molecular formula is C25H30ClN3O5S. The zero-order chi connectivity index (χ0) is 25.6. The van der Waals surface area contributed by atoms with E-state index < -0.39 is 22.0 Å². The molecule has 0 spiro atoms. The van der Waals surface area contributed by atoms with Gasteiger partial charge in [0.05, 0.1) is 5.56 Å². The predicted octanol–water partition coefficient (Wildman–Crippen LogP) is 3.60. The number of hydrogen-bond donors (Lipinski definition) is 1. The molecule has 1 N–H and O–H groups in total. The van der Waals surface area contributed by atoms with E-state index in [9.17, 15) is 22.8 Å². The number of hydrogen-bond acceptors (Lipinski definition) is 5. The first kappa shape index (κ1) is 26.7. The Balaban J connectivity index is 1.74. The predicted molar refractivity (Wildman–Crippen MR) is 133 cm³/mol. The van der Waals surface area contributed by atoms with E-state index in [0.29, 0.717) is 23.6 Å². The van der Waals surface area contributed by atoms with Gasteiger partial charge in [-0.1, -0.05) is 55.8 Å². The summed E-state index contributed by atoms with van der Waals surface area (Å²) in [6.45, 7) is 4.29. The lowest BCUT2D eigenvalue weighted by Crippen LogP contribution is -2.49. The third-order valence-corrected chi connectivity index (χ3v) is 8.11. The quantitative estimate of drug-likeness (QED) is 0.488. The molecule has 1 aliphatic rings. The topological polar surface area (TPSA) is 104 Å². The van der Waals surface area contributed by atoms with Gasteiger partial charge in [-0.25, -0.2) is 12.7 Å². The molecule has 8 nitrogen and oxygen atoms in total. The molecule has 0 aromatic heterocycles. The average Bonchev–Trinajstić information content (AvgIpc) is 3.04. The summed E-state index contributed by atoms with van der Waals surface area (Å²) in [6, 6.07) is 12.5. The van der Waals surface area contributed by atoms with E-state index in [1.807, 2.05) is 19.9 Å². The highest BCUT2D eigenvalue weighted by molar-refractivity contribution is 7.90. The van der Waals surface area contributed by atoms with Crippen molar-refractivity contribution < 1.29 is 22.8 Å². The van der Waals surface area contributed by atoms with Crippen LogP contribution in [0.15, 0.2) is 53.4 Å². The molecule has 0 saturated carbocycles. The van der Waals surface area contributed by atoms with Gasteiger partial charge in [-0.3, -0.25) is 14.4 Å². The second-order valence-electron chi connectivity index (χ2n) is 8.31. The molecule has 0 fully saturated rings. The third kappa shape index (κ3) is 5.85. The van der Waals surface area contributed by atoms with E-state index in [4.69, 9.17) is 11.6 Å². The molecule has 3 rings (SSSR count). The fourth-order valence-electron chi connectivity index (χ4n) is 4.07. The number of amides is 3. The maximum Gasteiger partial charge on any atom is 0.269 e. The van der Waals surface area contributed by atoms with Crippen LogP contribution in [0.25, 0.3) is 0 Å². The van der Waals surface area contributed by atoms with E-state index in [1.165, 1.54) is 17.0 Å². The fourth-order valence-corrected chi connectivity index (χ4v) is 5.87. The lowest BCUT2D eigenvalue weighted by molar-refractivity contribution is -0.141. The summed E-state index contributed by atoms with van der Waals surface area (Å²) in [5, 5.41) is 3.34. The highest BCUT2D eigenvalue weighted by atomic mass is 35.5. The van der Waals surface area contributed by atoms with Crippen LogP contribution < -0.4 is 5.32 Å². The van der Waals surface area contributed by atoms with Crippen LogP contribution in [0.4, 0.5) is 0 Å². The largest absolute Gasteiger partial charge is 0.354 e. The standard InChI is InChI=1S/C25H30ClN3O5S/c1-3-15-27-24(31)21(4-2)28(17-18-10-5-7-12-20(18)26)23(30)14-9-16-29-25(32)19-11-6-8-13-22(19)35(29,33)34/h5-8,10-13,21H,3-4,9,14-17H2,1-2H3,(H,27,31)/t21-/m1/s1. The Bertz CT molecular complexity index is 1200. The number of benzene rings is 2. The van der Waals surface area contributed by atoms with Crippen molar-refractivity contribution in [2.75, 3.05) is 13.1 Å². The van der Waals surface area contributed by atoms with Crippen molar-refractivity contribution >= 4 is 39.3 Å². The SMILES string of the molecule is CCCNC(=O)[C@@H](CC)N(Cc1ccccc1Cl)C(=O)CCCN1C(=O)c2ccccc2S1(=O)=O. The normalized spacial score (nSPS) is 14.9. The molecule has 1 atom stereocenters. The maximum atomic E-state index is 13.3. The first-order valence-electron chi connectivity index (χ1n) is 11.7. The van der Waals surface area contributed by atoms with Crippen molar-refractivity contribution in [1.29, 1.82) is 0 Å². The molecule has 0 aliphatic carbocycles. The van der Waals surface area contributed by atoms with Crippen LogP contribution in [-0.2, 0) is 26.2 Å². The molecule has 10 heteroatoms.